The van der Waals surface area contributed by atoms with Crippen LogP contribution in [0.2, 0.25) is 6.32 Å². The zero-order valence-corrected chi connectivity index (χ0v) is 23.4. The minimum absolute atomic E-state index is 0.103. The van der Waals surface area contributed by atoms with Crippen LogP contribution in [-0.4, -0.2) is 47.1 Å². The number of phenolic OH excluding ortho intramolecular Hbond substituents is 1. The van der Waals surface area contributed by atoms with Crippen molar-refractivity contribution in [1.29, 1.82) is 0 Å². The van der Waals surface area contributed by atoms with E-state index in [4.69, 9.17) is 4.65 Å². The zero-order valence-electron chi connectivity index (χ0n) is 21.8. The van der Waals surface area contributed by atoms with Gasteiger partial charge in [-0.25, -0.2) is 0 Å². The van der Waals surface area contributed by atoms with E-state index in [-0.39, 0.29) is 35.5 Å². The van der Waals surface area contributed by atoms with Gasteiger partial charge in [0.05, 0.1) is 17.9 Å². The Balaban J connectivity index is 1.49. The molecule has 2 aromatic rings. The van der Waals surface area contributed by atoms with Crippen LogP contribution < -0.4 is 0 Å². The Hall–Kier alpha value is -2.68. The predicted octanol–water partition coefficient (Wildman–Crippen LogP) is 5.70. The normalized spacial score (nSPS) is 25.6. The van der Waals surface area contributed by atoms with E-state index >= 15 is 0 Å². The first-order valence-corrected chi connectivity index (χ1v) is 14.2. The number of halogens is 1. The highest BCUT2D eigenvalue weighted by Crippen LogP contribution is 2.51. The van der Waals surface area contributed by atoms with Crippen molar-refractivity contribution >= 4 is 46.5 Å². The van der Waals surface area contributed by atoms with E-state index in [2.05, 4.69) is 22.9 Å². The number of carbonyl (C=O) groups excluding carboxylic acids is 2. The Bertz CT molecular complexity index is 1290. The summed E-state index contributed by atoms with van der Waals surface area (Å²) in [4.78, 5) is 27.3. The van der Waals surface area contributed by atoms with Gasteiger partial charge in [-0.1, -0.05) is 65.2 Å². The van der Waals surface area contributed by atoms with Gasteiger partial charge in [0, 0.05) is 17.1 Å². The molecule has 0 saturated carbocycles. The molecule has 2 aliphatic heterocycles. The molecule has 8 heteroatoms. The quantitative estimate of drug-likeness (QED) is 0.191. The summed E-state index contributed by atoms with van der Waals surface area (Å²) in [5.74, 6) is -0.997. The molecule has 2 aromatic carbocycles. The molecule has 0 spiro atoms. The minimum atomic E-state index is -0.984. The second-order valence-corrected chi connectivity index (χ2v) is 11.5. The monoisotopic (exact) mass is 577 g/mol. The summed E-state index contributed by atoms with van der Waals surface area (Å²) in [6.45, 7) is 2.12. The molecule has 38 heavy (non-hydrogen) atoms. The summed E-state index contributed by atoms with van der Waals surface area (Å²) in [5, 5.41) is 21.2. The number of carbonyl (C=O) groups is 2. The van der Waals surface area contributed by atoms with E-state index in [9.17, 15) is 19.7 Å². The molecule has 5 rings (SSSR count). The fourth-order valence-corrected chi connectivity index (χ4v) is 6.91. The second kappa shape index (κ2) is 11.2. The third-order valence-corrected chi connectivity index (χ3v) is 8.71. The van der Waals surface area contributed by atoms with Crippen LogP contribution in [0.1, 0.15) is 50.2 Å². The number of aromatic hydroxyl groups is 1. The molecule has 198 valence electrons. The van der Waals surface area contributed by atoms with E-state index in [1.54, 1.807) is 19.2 Å². The van der Waals surface area contributed by atoms with Crippen molar-refractivity contribution in [3.63, 3.8) is 0 Å². The van der Waals surface area contributed by atoms with Crippen molar-refractivity contribution in [1.82, 2.24) is 4.90 Å². The van der Waals surface area contributed by atoms with Crippen LogP contribution >= 0.6 is 15.9 Å². The van der Waals surface area contributed by atoms with Crippen LogP contribution in [0.15, 0.2) is 64.1 Å². The Labute approximate surface area is 232 Å². The number of phenols is 1. The maximum atomic E-state index is 13.1. The number of benzene rings is 2. The van der Waals surface area contributed by atoms with E-state index in [1.165, 1.54) is 10.5 Å². The first-order chi connectivity index (χ1) is 18.3. The molecule has 0 bridgehead atoms. The predicted molar refractivity (Wildman–Crippen MR) is 152 cm³/mol. The molecular weight excluding hydrogens is 545 g/mol. The van der Waals surface area contributed by atoms with Gasteiger partial charge in [0.15, 0.2) is 0 Å². The molecule has 2 amide bonds. The molecule has 0 unspecified atom stereocenters. The largest absolute Gasteiger partial charge is 0.507 e. The summed E-state index contributed by atoms with van der Waals surface area (Å²) in [5.41, 5.74) is 5.13. The highest BCUT2D eigenvalue weighted by atomic mass is 79.9. The van der Waals surface area contributed by atoms with Gasteiger partial charge in [-0.05, 0) is 78.9 Å². The standard InChI is InChI=1S/C30H33BBrNO5/c1-3-7-20-16-23-28(30(36)33(2)29(23)35)24-17-31(37)38-26(27(20)24)13-10-19(18-8-5-4-6-9-18)14-21-15-22(32)11-12-25(21)34/h4-6,8-9,11-12,14-15,23-24,26,28,34,37H,3,7,10,13,16-17H2,1-2H3/b19-14-/t23-,24+,26-,28-/m1/s1. The molecule has 2 heterocycles. The average molecular weight is 578 g/mol. The molecule has 2 N–H and O–H groups in total. The SMILES string of the molecule is CCCC1=C2[C@@H](CC/C(=C/c3cc(Br)ccc3O)c3ccccc3)OB(O)C[C@@H]2[C@@H]2C(=O)N(C)C(=O)[C@@H]2C1. The van der Waals surface area contributed by atoms with Crippen molar-refractivity contribution in [2.24, 2.45) is 17.8 Å². The molecule has 4 atom stereocenters. The highest BCUT2D eigenvalue weighted by Gasteiger charge is 2.56. The van der Waals surface area contributed by atoms with Crippen LogP contribution in [-0.2, 0) is 14.2 Å². The third-order valence-electron chi connectivity index (χ3n) is 8.22. The number of hydrogen-bond donors (Lipinski definition) is 2. The molecule has 3 aliphatic rings. The van der Waals surface area contributed by atoms with Gasteiger partial charge in [0.1, 0.15) is 5.75 Å². The Morgan fingerprint density at radius 3 is 2.66 bits per heavy atom. The number of rotatable bonds is 7. The van der Waals surface area contributed by atoms with E-state index in [0.29, 0.717) is 31.1 Å². The van der Waals surface area contributed by atoms with Crippen LogP contribution in [0.25, 0.3) is 11.6 Å². The maximum Gasteiger partial charge on any atom is 0.455 e. The Morgan fingerprint density at radius 1 is 1.16 bits per heavy atom. The number of allylic oxidation sites excluding steroid dienone is 2. The number of hydrogen-bond acceptors (Lipinski definition) is 5. The fraction of sp³-hybridized carbons (Fsp3) is 0.400. The molecule has 6 nitrogen and oxygen atoms in total. The van der Waals surface area contributed by atoms with Gasteiger partial charge in [0.25, 0.3) is 0 Å². The average Bonchev–Trinajstić information content (AvgIpc) is 3.12. The summed E-state index contributed by atoms with van der Waals surface area (Å²) < 4.78 is 7.03. The minimum Gasteiger partial charge on any atom is -0.507 e. The van der Waals surface area contributed by atoms with Crippen LogP contribution in [0.4, 0.5) is 0 Å². The first-order valence-electron chi connectivity index (χ1n) is 13.4. The number of nitrogens with zero attached hydrogens (tertiary/aromatic N) is 1. The Kier molecular flexibility index (Phi) is 7.94. The van der Waals surface area contributed by atoms with E-state index < -0.39 is 13.0 Å². The smallest absolute Gasteiger partial charge is 0.455 e. The van der Waals surface area contributed by atoms with Gasteiger partial charge in [-0.15, -0.1) is 0 Å². The molecule has 1 aliphatic carbocycles. The summed E-state index contributed by atoms with van der Waals surface area (Å²) in [6.07, 6.45) is 5.62. The fourth-order valence-electron chi connectivity index (χ4n) is 6.53. The number of amides is 2. The Morgan fingerprint density at radius 2 is 1.92 bits per heavy atom. The summed E-state index contributed by atoms with van der Waals surface area (Å²) in [7, 11) is 0.589. The highest BCUT2D eigenvalue weighted by molar-refractivity contribution is 9.10. The zero-order chi connectivity index (χ0) is 27.0. The van der Waals surface area contributed by atoms with Crippen molar-refractivity contribution in [2.75, 3.05) is 7.05 Å². The second-order valence-electron chi connectivity index (χ2n) is 10.6. The molecular formula is C30H33BBrNO5. The van der Waals surface area contributed by atoms with Crippen molar-refractivity contribution in [3.05, 3.63) is 75.3 Å². The lowest BCUT2D eigenvalue weighted by Crippen LogP contribution is -2.46. The maximum absolute atomic E-state index is 13.1. The van der Waals surface area contributed by atoms with Crippen LogP contribution in [0, 0.1) is 17.8 Å². The van der Waals surface area contributed by atoms with Gasteiger partial charge in [-0.3, -0.25) is 14.5 Å². The first kappa shape index (κ1) is 26.9. The lowest BCUT2D eigenvalue weighted by Gasteiger charge is -2.43. The van der Waals surface area contributed by atoms with Gasteiger partial charge in [-0.2, -0.15) is 0 Å². The summed E-state index contributed by atoms with van der Waals surface area (Å²) >= 11 is 3.50. The number of imide groups is 1. The van der Waals surface area contributed by atoms with Crippen LogP contribution in [0.3, 0.4) is 0 Å². The number of likely N-dealkylation sites (tertiary alicyclic amines) is 1. The lowest BCUT2D eigenvalue weighted by atomic mass is 9.58. The van der Waals surface area contributed by atoms with Crippen LogP contribution in [0.5, 0.6) is 5.75 Å². The van der Waals surface area contributed by atoms with E-state index in [0.717, 1.165) is 34.0 Å². The topological polar surface area (TPSA) is 87.1 Å². The molecule has 0 aromatic heterocycles. The van der Waals surface area contributed by atoms with E-state index in [1.807, 2.05) is 42.5 Å². The van der Waals surface area contributed by atoms with Gasteiger partial charge < -0.3 is 14.8 Å². The molecule has 2 saturated heterocycles. The van der Waals surface area contributed by atoms with Gasteiger partial charge in [0.2, 0.25) is 11.8 Å². The number of fused-ring (bicyclic) bond motifs is 3. The van der Waals surface area contributed by atoms with Gasteiger partial charge >= 0.3 is 7.12 Å². The van der Waals surface area contributed by atoms with Crippen molar-refractivity contribution in [2.45, 2.75) is 51.5 Å². The molecule has 0 radical (unpaired) electrons. The van der Waals surface area contributed by atoms with Crippen molar-refractivity contribution < 1.29 is 24.4 Å². The third kappa shape index (κ3) is 5.14. The molecule has 2 fully saturated rings. The van der Waals surface area contributed by atoms with Crippen molar-refractivity contribution in [3.8, 4) is 5.75 Å². The summed E-state index contributed by atoms with van der Waals surface area (Å²) in [6, 6.07) is 15.4. The lowest BCUT2D eigenvalue weighted by molar-refractivity contribution is -0.138.